The van der Waals surface area contributed by atoms with Crippen molar-refractivity contribution in [1.29, 1.82) is 0 Å². The van der Waals surface area contributed by atoms with E-state index in [2.05, 4.69) is 20.3 Å². The summed E-state index contributed by atoms with van der Waals surface area (Å²) >= 11 is 4.83. The summed E-state index contributed by atoms with van der Waals surface area (Å²) in [4.78, 5) is 24.6. The molecule has 3 aromatic heterocycles. The van der Waals surface area contributed by atoms with Gasteiger partial charge in [0.25, 0.3) is 0 Å². The van der Waals surface area contributed by atoms with E-state index in [1.54, 1.807) is 31.5 Å². The monoisotopic (exact) mass is 439 g/mol. The van der Waals surface area contributed by atoms with E-state index < -0.39 is 11.3 Å². The van der Waals surface area contributed by atoms with Crippen LogP contribution in [0.2, 0.25) is 5.15 Å². The molecule has 0 aliphatic rings. The zero-order valence-corrected chi connectivity index (χ0v) is 17.8. The third-order valence-electron chi connectivity index (χ3n) is 3.93. The molecular weight excluding hydrogens is 424 g/mol. The first-order valence-electron chi connectivity index (χ1n) is 7.97. The highest BCUT2D eigenvalue weighted by atomic mass is 35.5. The standard InChI is InChI=1S/C16H17ClN6O3S2/c1-8-14(27-16(20-8)21-10(3)24)11-5-12(15(17)19-6-11)23(28(25)26)13-7-18-9(2)22(13)4/h5-7H,1-4H3,(H,25,26)(H,20,21,24)/p-1. The molecule has 0 aliphatic heterocycles. The van der Waals surface area contributed by atoms with Crippen molar-refractivity contribution >= 4 is 56.7 Å². The van der Waals surface area contributed by atoms with Gasteiger partial charge < -0.3 is 14.4 Å². The van der Waals surface area contributed by atoms with Crippen molar-refractivity contribution in [3.05, 3.63) is 35.1 Å². The summed E-state index contributed by atoms with van der Waals surface area (Å²) in [6.45, 7) is 4.95. The van der Waals surface area contributed by atoms with Gasteiger partial charge in [0, 0.05) is 25.7 Å². The maximum absolute atomic E-state index is 12.0. The minimum atomic E-state index is -2.66. The summed E-state index contributed by atoms with van der Waals surface area (Å²) in [7, 11) is 1.70. The van der Waals surface area contributed by atoms with E-state index in [1.807, 2.05) is 0 Å². The maximum Gasteiger partial charge on any atom is 0.223 e. The van der Waals surface area contributed by atoms with Gasteiger partial charge in [-0.05, 0) is 19.9 Å². The molecule has 3 rings (SSSR count). The fraction of sp³-hybridized carbons (Fsp3) is 0.250. The zero-order chi connectivity index (χ0) is 20.6. The molecule has 0 spiro atoms. The molecule has 1 amide bonds. The lowest BCUT2D eigenvalue weighted by Gasteiger charge is -2.27. The highest BCUT2D eigenvalue weighted by molar-refractivity contribution is 7.81. The number of pyridine rings is 1. The maximum atomic E-state index is 12.0. The van der Waals surface area contributed by atoms with Gasteiger partial charge in [-0.15, -0.1) is 0 Å². The lowest BCUT2D eigenvalue weighted by atomic mass is 10.2. The molecule has 0 fully saturated rings. The second kappa shape index (κ2) is 7.95. The second-order valence-electron chi connectivity index (χ2n) is 5.88. The second-order valence-corrected chi connectivity index (χ2v) is 8.04. The van der Waals surface area contributed by atoms with Crippen molar-refractivity contribution in [1.82, 2.24) is 19.5 Å². The molecule has 3 heterocycles. The van der Waals surface area contributed by atoms with Gasteiger partial charge in [-0.2, -0.15) is 0 Å². The third kappa shape index (κ3) is 3.92. The molecule has 0 saturated carbocycles. The van der Waals surface area contributed by atoms with Gasteiger partial charge in [-0.3, -0.25) is 13.3 Å². The van der Waals surface area contributed by atoms with Gasteiger partial charge in [0.1, 0.15) is 11.6 Å². The van der Waals surface area contributed by atoms with Crippen LogP contribution in [0.25, 0.3) is 10.4 Å². The molecule has 0 bridgehead atoms. The minimum absolute atomic E-state index is 0.0241. The summed E-state index contributed by atoms with van der Waals surface area (Å²) in [5.74, 6) is 0.741. The Morgan fingerprint density at radius 2 is 2.07 bits per heavy atom. The molecule has 12 heteroatoms. The Kier molecular flexibility index (Phi) is 5.79. The van der Waals surface area contributed by atoms with Crippen LogP contribution < -0.4 is 9.62 Å². The van der Waals surface area contributed by atoms with Gasteiger partial charge in [-0.1, -0.05) is 22.9 Å². The molecule has 0 saturated heterocycles. The quantitative estimate of drug-likeness (QED) is 0.482. The average molecular weight is 440 g/mol. The number of thiazole rings is 1. The fourth-order valence-electron chi connectivity index (χ4n) is 2.53. The van der Waals surface area contributed by atoms with Gasteiger partial charge in [-0.25, -0.2) is 15.0 Å². The lowest BCUT2D eigenvalue weighted by Crippen LogP contribution is -2.22. The van der Waals surface area contributed by atoms with Crippen LogP contribution in [0, 0.1) is 13.8 Å². The van der Waals surface area contributed by atoms with E-state index in [9.17, 15) is 13.6 Å². The summed E-state index contributed by atoms with van der Waals surface area (Å²) in [6.07, 6.45) is 2.98. The molecule has 1 unspecified atom stereocenters. The van der Waals surface area contributed by atoms with E-state index in [1.165, 1.54) is 30.7 Å². The van der Waals surface area contributed by atoms with E-state index in [4.69, 9.17) is 11.6 Å². The van der Waals surface area contributed by atoms with Crippen LogP contribution in [-0.4, -0.2) is 34.2 Å². The number of carbonyl (C=O) groups is 1. The van der Waals surface area contributed by atoms with Crippen molar-refractivity contribution in [3.8, 4) is 10.4 Å². The van der Waals surface area contributed by atoms with E-state index in [-0.39, 0.29) is 16.7 Å². The number of halogens is 1. The number of nitrogens with zero attached hydrogens (tertiary/aromatic N) is 5. The number of nitrogens with one attached hydrogen (secondary N) is 1. The Bertz CT molecular complexity index is 1080. The normalized spacial score (nSPS) is 12.1. The lowest BCUT2D eigenvalue weighted by molar-refractivity contribution is -0.114. The van der Waals surface area contributed by atoms with Gasteiger partial charge in [0.2, 0.25) is 5.91 Å². The first-order valence-corrected chi connectivity index (χ1v) is 10.2. The Morgan fingerprint density at radius 1 is 1.36 bits per heavy atom. The van der Waals surface area contributed by atoms with Gasteiger partial charge >= 0.3 is 0 Å². The van der Waals surface area contributed by atoms with Gasteiger partial charge in [0.05, 0.1) is 33.7 Å². The van der Waals surface area contributed by atoms with Crippen molar-refractivity contribution in [3.63, 3.8) is 0 Å². The first kappa shape index (κ1) is 20.4. The van der Waals surface area contributed by atoms with Crippen molar-refractivity contribution < 1.29 is 13.6 Å². The Labute approximate surface area is 172 Å². The first-order chi connectivity index (χ1) is 13.2. The number of rotatable bonds is 5. The number of aromatic nitrogens is 4. The van der Waals surface area contributed by atoms with Crippen LogP contribution in [-0.2, 0) is 23.1 Å². The predicted octanol–water partition coefficient (Wildman–Crippen LogP) is 3.10. The van der Waals surface area contributed by atoms with E-state index in [0.717, 1.165) is 9.18 Å². The number of anilines is 3. The Balaban J connectivity index is 2.11. The number of hydrogen-bond donors (Lipinski definition) is 1. The molecule has 0 aromatic carbocycles. The number of imidazole rings is 1. The smallest absolute Gasteiger partial charge is 0.223 e. The molecule has 1 atom stereocenters. The zero-order valence-electron chi connectivity index (χ0n) is 15.4. The fourth-order valence-corrected chi connectivity index (χ4v) is 4.38. The van der Waals surface area contributed by atoms with Crippen molar-refractivity contribution in [2.75, 3.05) is 9.62 Å². The van der Waals surface area contributed by atoms with E-state index in [0.29, 0.717) is 28.0 Å². The van der Waals surface area contributed by atoms with Crippen LogP contribution in [0.15, 0.2) is 18.5 Å². The van der Waals surface area contributed by atoms with Crippen LogP contribution >= 0.6 is 22.9 Å². The topological polar surface area (TPSA) is 116 Å². The highest BCUT2D eigenvalue weighted by Gasteiger charge is 2.21. The molecule has 1 N–H and O–H groups in total. The molecular formula is C16H16ClN6O3S2-. The number of amides is 1. The van der Waals surface area contributed by atoms with Gasteiger partial charge in [0.15, 0.2) is 10.3 Å². The van der Waals surface area contributed by atoms with Crippen LogP contribution in [0.3, 0.4) is 0 Å². The predicted molar refractivity (Wildman–Crippen MR) is 108 cm³/mol. The number of carbonyl (C=O) groups excluding carboxylic acids is 1. The Hall–Kier alpha value is -2.34. The van der Waals surface area contributed by atoms with E-state index >= 15 is 0 Å². The third-order valence-corrected chi connectivity index (χ3v) is 6.03. The molecule has 3 aromatic rings. The Morgan fingerprint density at radius 3 is 2.64 bits per heavy atom. The summed E-state index contributed by atoms with van der Waals surface area (Å²) in [6, 6.07) is 1.62. The SMILES string of the molecule is CC(=O)Nc1nc(C)c(-c2cnc(Cl)c(N(c3cnc(C)n3C)S(=O)[O-])c2)s1. The van der Waals surface area contributed by atoms with Crippen LogP contribution in [0.5, 0.6) is 0 Å². The number of hydrogen-bond acceptors (Lipinski definition) is 7. The van der Waals surface area contributed by atoms with Crippen molar-refractivity contribution in [2.24, 2.45) is 7.05 Å². The minimum Gasteiger partial charge on any atom is -0.755 e. The largest absolute Gasteiger partial charge is 0.755 e. The number of aryl methyl sites for hydroxylation is 2. The van der Waals surface area contributed by atoms with Crippen LogP contribution in [0.4, 0.5) is 16.6 Å². The highest BCUT2D eigenvalue weighted by Crippen LogP contribution is 2.38. The van der Waals surface area contributed by atoms with Crippen molar-refractivity contribution in [2.45, 2.75) is 20.8 Å². The average Bonchev–Trinajstić information content (AvgIpc) is 3.12. The van der Waals surface area contributed by atoms with Crippen LogP contribution in [0.1, 0.15) is 18.4 Å². The molecule has 28 heavy (non-hydrogen) atoms. The molecule has 0 radical (unpaired) electrons. The summed E-state index contributed by atoms with van der Waals surface area (Å²) in [5, 5.41) is 3.11. The molecule has 9 nitrogen and oxygen atoms in total. The summed E-state index contributed by atoms with van der Waals surface area (Å²) in [5.41, 5.74) is 1.49. The summed E-state index contributed by atoms with van der Waals surface area (Å²) < 4.78 is 26.7. The molecule has 148 valence electrons. The molecule has 0 aliphatic carbocycles.